The summed E-state index contributed by atoms with van der Waals surface area (Å²) in [5.41, 5.74) is -2.35. The minimum Gasteiger partial charge on any atom is -0.507 e. The second kappa shape index (κ2) is 11.3. The van der Waals surface area contributed by atoms with Crippen molar-refractivity contribution in [2.24, 2.45) is 0 Å². The Morgan fingerprint density at radius 1 is 0.857 bits per heavy atom. The van der Waals surface area contributed by atoms with Crippen molar-refractivity contribution in [1.82, 2.24) is 0 Å². The highest BCUT2D eigenvalue weighted by molar-refractivity contribution is 5.92. The monoisotopic (exact) mass is 594 g/mol. The Hall–Kier alpha value is -3.51. The van der Waals surface area contributed by atoms with E-state index in [4.69, 9.17) is 18.6 Å². The van der Waals surface area contributed by atoms with Gasteiger partial charge in [-0.1, -0.05) is 0 Å². The second-order valence-corrected chi connectivity index (χ2v) is 10.1. The summed E-state index contributed by atoms with van der Waals surface area (Å²) >= 11 is 0. The predicted octanol–water partition coefficient (Wildman–Crippen LogP) is -1.75. The molecule has 0 aliphatic carbocycles. The van der Waals surface area contributed by atoms with E-state index in [1.165, 1.54) is 25.3 Å². The van der Waals surface area contributed by atoms with Gasteiger partial charge in [0.25, 0.3) is 0 Å². The van der Waals surface area contributed by atoms with E-state index in [0.717, 1.165) is 6.07 Å². The molecule has 9 atom stereocenters. The summed E-state index contributed by atoms with van der Waals surface area (Å²) in [5.74, 6) is -2.22. The highest BCUT2D eigenvalue weighted by Crippen LogP contribution is 2.50. The average Bonchev–Trinajstić information content (AvgIpc) is 2.96. The Balaban J connectivity index is 1.80. The van der Waals surface area contributed by atoms with Crippen LogP contribution in [0.3, 0.4) is 0 Å². The molecule has 3 aromatic rings. The van der Waals surface area contributed by atoms with E-state index in [2.05, 4.69) is 0 Å². The maximum Gasteiger partial charge on any atom is 0.197 e. The number of benzene rings is 2. The van der Waals surface area contributed by atoms with Crippen LogP contribution in [0.25, 0.3) is 22.3 Å². The molecule has 2 aromatic carbocycles. The lowest BCUT2D eigenvalue weighted by molar-refractivity contribution is -0.232. The molecule has 3 unspecified atom stereocenters. The smallest absolute Gasteiger partial charge is 0.197 e. The minimum absolute atomic E-state index is 0.0299. The number of ether oxygens (including phenoxy) is 3. The van der Waals surface area contributed by atoms with Crippen molar-refractivity contribution in [2.75, 3.05) is 20.3 Å². The zero-order chi connectivity index (χ0) is 30.6. The Bertz CT molecular complexity index is 1530. The highest BCUT2D eigenvalue weighted by atomic mass is 16.5. The lowest BCUT2D eigenvalue weighted by Crippen LogP contribution is -2.55. The third kappa shape index (κ3) is 4.74. The summed E-state index contributed by atoms with van der Waals surface area (Å²) in [5, 5.41) is 104. The fourth-order valence-electron chi connectivity index (χ4n) is 5.31. The number of phenolic OH excluding ortho intramolecular Hbond substituents is 3. The van der Waals surface area contributed by atoms with E-state index in [9.17, 15) is 55.9 Å². The number of phenols is 3. The van der Waals surface area contributed by atoms with Crippen LogP contribution in [0.4, 0.5) is 0 Å². The predicted molar refractivity (Wildman–Crippen MR) is 139 cm³/mol. The van der Waals surface area contributed by atoms with Gasteiger partial charge < -0.3 is 69.7 Å². The number of methoxy groups -OCH3 is 1. The van der Waals surface area contributed by atoms with Gasteiger partial charge in [-0.25, -0.2) is 0 Å². The number of aliphatic hydroxyl groups excluding tert-OH is 7. The molecule has 0 bridgehead atoms. The van der Waals surface area contributed by atoms with Crippen molar-refractivity contribution in [2.45, 2.75) is 54.9 Å². The summed E-state index contributed by atoms with van der Waals surface area (Å²) in [6.45, 7) is -1.36. The molecule has 5 rings (SSSR count). The molecule has 3 heterocycles. The van der Waals surface area contributed by atoms with Gasteiger partial charge >= 0.3 is 0 Å². The molecule has 2 aliphatic heterocycles. The van der Waals surface area contributed by atoms with E-state index < -0.39 is 107 Å². The van der Waals surface area contributed by atoms with E-state index in [1.54, 1.807) is 0 Å². The van der Waals surface area contributed by atoms with Gasteiger partial charge in [-0.3, -0.25) is 4.79 Å². The minimum atomic E-state index is -2.00. The zero-order valence-electron chi connectivity index (χ0n) is 21.9. The second-order valence-electron chi connectivity index (χ2n) is 10.1. The molecule has 228 valence electrons. The van der Waals surface area contributed by atoms with Crippen molar-refractivity contribution in [3.05, 3.63) is 45.6 Å². The molecule has 42 heavy (non-hydrogen) atoms. The first kappa shape index (κ1) is 30.0. The maximum absolute atomic E-state index is 13.5. The molecule has 0 saturated carbocycles. The number of hydrogen-bond donors (Lipinski definition) is 10. The molecular formula is C27H30O15. The summed E-state index contributed by atoms with van der Waals surface area (Å²) < 4.78 is 22.1. The molecule has 2 saturated heterocycles. The van der Waals surface area contributed by atoms with Crippen LogP contribution in [0, 0.1) is 0 Å². The van der Waals surface area contributed by atoms with Crippen LogP contribution in [-0.2, 0) is 9.47 Å². The van der Waals surface area contributed by atoms with Gasteiger partial charge in [-0.2, -0.15) is 0 Å². The van der Waals surface area contributed by atoms with Gasteiger partial charge in [0.2, 0.25) is 0 Å². The molecule has 0 radical (unpaired) electrons. The Kier molecular flexibility index (Phi) is 8.06. The van der Waals surface area contributed by atoms with Crippen LogP contribution in [0.1, 0.15) is 23.3 Å². The molecule has 10 N–H and O–H groups in total. The fraction of sp³-hybridized carbons (Fsp3) is 0.444. The fourth-order valence-corrected chi connectivity index (χ4v) is 5.31. The van der Waals surface area contributed by atoms with Crippen LogP contribution >= 0.6 is 0 Å². The first-order valence-electron chi connectivity index (χ1n) is 12.8. The van der Waals surface area contributed by atoms with Crippen LogP contribution < -0.4 is 10.2 Å². The topological polar surface area (TPSA) is 260 Å². The number of fused-ring (bicyclic) bond motifs is 1. The molecule has 2 aliphatic rings. The normalized spacial score (nSPS) is 31.8. The summed E-state index contributed by atoms with van der Waals surface area (Å²) in [6, 6.07) is 4.97. The van der Waals surface area contributed by atoms with Gasteiger partial charge in [0.1, 0.15) is 77.6 Å². The first-order chi connectivity index (χ1) is 19.9. The van der Waals surface area contributed by atoms with Crippen molar-refractivity contribution in [3.8, 4) is 34.3 Å². The van der Waals surface area contributed by atoms with E-state index >= 15 is 0 Å². The van der Waals surface area contributed by atoms with Crippen LogP contribution in [0.15, 0.2) is 33.5 Å². The first-order valence-corrected chi connectivity index (χ1v) is 12.8. The van der Waals surface area contributed by atoms with Crippen molar-refractivity contribution >= 4 is 11.0 Å². The number of aromatic hydroxyl groups is 3. The third-order valence-electron chi connectivity index (χ3n) is 7.62. The molecule has 15 nitrogen and oxygen atoms in total. The van der Waals surface area contributed by atoms with E-state index in [-0.39, 0.29) is 22.8 Å². The van der Waals surface area contributed by atoms with Gasteiger partial charge in [0, 0.05) is 11.6 Å². The van der Waals surface area contributed by atoms with Crippen LogP contribution in [0.5, 0.6) is 23.0 Å². The van der Waals surface area contributed by atoms with E-state index in [0.29, 0.717) is 0 Å². The van der Waals surface area contributed by atoms with Crippen molar-refractivity contribution in [3.63, 3.8) is 0 Å². The third-order valence-corrected chi connectivity index (χ3v) is 7.62. The van der Waals surface area contributed by atoms with E-state index in [1.807, 2.05) is 0 Å². The van der Waals surface area contributed by atoms with Crippen LogP contribution in [0.2, 0.25) is 0 Å². The summed E-state index contributed by atoms with van der Waals surface area (Å²) in [6.07, 6.45) is -15.9. The quantitative estimate of drug-likeness (QED) is 0.157. The zero-order valence-corrected chi connectivity index (χ0v) is 21.9. The van der Waals surface area contributed by atoms with Gasteiger partial charge in [-0.15, -0.1) is 0 Å². The molecule has 1 aromatic heterocycles. The molecule has 2 fully saturated rings. The molecular weight excluding hydrogens is 564 g/mol. The Morgan fingerprint density at radius 3 is 2.21 bits per heavy atom. The lowest BCUT2D eigenvalue weighted by Gasteiger charge is -2.41. The SMILES string of the molecule is COc1cc(-c2cc(=O)c3c(O)c([C@@H]4OC(CO)[C@@H](O)[C@H](O)C4O)c(O)c([C@@H]4OC[C@H](O)[C@H](O)C4O)c3o2)ccc1O. The van der Waals surface area contributed by atoms with Crippen molar-refractivity contribution < 1.29 is 69.7 Å². The number of rotatable bonds is 5. The standard InChI is InChI=1S/C27H30O15/c1-39-13-4-8(2-3-9(13)29)12-5-10(30)15-20(34)16(27-24(38)22(36)19(33)14(6-28)42-27)21(35)17(25(15)41-12)26-23(37)18(32)11(31)7-40-26/h2-5,11,14,18-19,22-24,26-29,31-38H,6-7H2,1H3/t11-,14?,18-,19+,22-,23?,24?,26-,27-/m0/s1. The Morgan fingerprint density at radius 2 is 1.55 bits per heavy atom. The lowest BCUT2D eigenvalue weighted by atomic mass is 9.85. The highest BCUT2D eigenvalue weighted by Gasteiger charge is 2.48. The summed E-state index contributed by atoms with van der Waals surface area (Å²) in [4.78, 5) is 13.5. The molecule has 0 spiro atoms. The van der Waals surface area contributed by atoms with Gasteiger partial charge in [0.05, 0.1) is 31.5 Å². The summed E-state index contributed by atoms with van der Waals surface area (Å²) in [7, 11) is 1.30. The number of hydrogen-bond acceptors (Lipinski definition) is 15. The Labute approximate surface area is 236 Å². The largest absolute Gasteiger partial charge is 0.507 e. The average molecular weight is 595 g/mol. The van der Waals surface area contributed by atoms with Crippen LogP contribution in [-0.4, -0.2) is 114 Å². The molecule has 0 amide bonds. The molecule has 15 heteroatoms. The van der Waals surface area contributed by atoms with Crippen molar-refractivity contribution in [1.29, 1.82) is 0 Å². The number of aliphatic hydroxyl groups is 7. The van der Waals surface area contributed by atoms with Gasteiger partial charge in [0.15, 0.2) is 22.5 Å². The maximum atomic E-state index is 13.5. The van der Waals surface area contributed by atoms with Gasteiger partial charge in [-0.05, 0) is 18.2 Å².